The maximum atomic E-state index is 5.88. The van der Waals surface area contributed by atoms with Gasteiger partial charge in [-0.3, -0.25) is 4.90 Å². The van der Waals surface area contributed by atoms with E-state index in [4.69, 9.17) is 5.73 Å². The van der Waals surface area contributed by atoms with E-state index in [1.54, 1.807) is 0 Å². The van der Waals surface area contributed by atoms with E-state index in [1.807, 2.05) is 6.20 Å². The Morgan fingerprint density at radius 3 is 2.67 bits per heavy atom. The Balaban J connectivity index is 0.00000112. The average Bonchev–Trinajstić information content (AvgIpc) is 2.71. The smallest absolute Gasteiger partial charge is 0.0470 e. The second-order valence-corrected chi connectivity index (χ2v) is 4.17. The molecular weight excluding hydrogens is 210 g/mol. The minimum atomic E-state index is 0. The Hall–Kier alpha value is -0.510. The van der Waals surface area contributed by atoms with Crippen LogP contribution in [-0.4, -0.2) is 29.0 Å². The zero-order valence-electron chi connectivity index (χ0n) is 9.15. The molecule has 1 aromatic heterocycles. The van der Waals surface area contributed by atoms with Crippen molar-refractivity contribution in [1.29, 1.82) is 0 Å². The van der Waals surface area contributed by atoms with Gasteiger partial charge in [0.15, 0.2) is 0 Å². The maximum absolute atomic E-state index is 5.88. The lowest BCUT2D eigenvalue weighted by molar-refractivity contribution is 0.161. The molecule has 0 aliphatic carbocycles. The lowest BCUT2D eigenvalue weighted by Gasteiger charge is -2.34. The lowest BCUT2D eigenvalue weighted by Crippen LogP contribution is -2.40. The van der Waals surface area contributed by atoms with Crippen molar-refractivity contribution in [3.8, 4) is 0 Å². The third kappa shape index (κ3) is 2.97. The van der Waals surface area contributed by atoms with Crippen LogP contribution in [0.2, 0.25) is 0 Å². The Bertz CT molecular complexity index is 265. The molecule has 0 radical (unpaired) electrons. The van der Waals surface area contributed by atoms with Crippen LogP contribution in [0.1, 0.15) is 31.5 Å². The molecule has 0 amide bonds. The van der Waals surface area contributed by atoms with Gasteiger partial charge in [-0.25, -0.2) is 0 Å². The molecule has 0 bridgehead atoms. The van der Waals surface area contributed by atoms with Crippen LogP contribution < -0.4 is 5.73 Å². The number of rotatable bonds is 2. The summed E-state index contributed by atoms with van der Waals surface area (Å²) in [6.45, 7) is 4.51. The van der Waals surface area contributed by atoms with Crippen LogP contribution in [0.5, 0.6) is 0 Å². The zero-order valence-corrected chi connectivity index (χ0v) is 9.96. The summed E-state index contributed by atoms with van der Waals surface area (Å²) in [4.78, 5) is 5.77. The van der Waals surface area contributed by atoms with E-state index >= 15 is 0 Å². The summed E-state index contributed by atoms with van der Waals surface area (Å²) < 4.78 is 0. The molecule has 0 saturated carbocycles. The number of likely N-dealkylation sites (tertiary alicyclic amines) is 1. The highest BCUT2D eigenvalue weighted by atomic mass is 35.5. The monoisotopic (exact) mass is 229 g/mol. The van der Waals surface area contributed by atoms with Gasteiger partial charge in [-0.2, -0.15) is 0 Å². The molecule has 1 fully saturated rings. The van der Waals surface area contributed by atoms with E-state index in [2.05, 4.69) is 28.9 Å². The zero-order chi connectivity index (χ0) is 9.97. The van der Waals surface area contributed by atoms with Gasteiger partial charge < -0.3 is 10.7 Å². The van der Waals surface area contributed by atoms with Gasteiger partial charge in [-0.05, 0) is 31.9 Å². The number of nitrogens with zero attached hydrogens (tertiary/aromatic N) is 1. The number of H-pyrrole nitrogens is 1. The molecule has 1 atom stereocenters. The average molecular weight is 230 g/mol. The molecule has 2 heterocycles. The largest absolute Gasteiger partial charge is 0.364 e. The number of aromatic nitrogens is 1. The molecule has 1 aromatic rings. The van der Waals surface area contributed by atoms with Crippen molar-refractivity contribution < 1.29 is 0 Å². The molecule has 3 nitrogen and oxygen atoms in total. The molecule has 0 spiro atoms. The fraction of sp³-hybridized carbons (Fsp3) is 0.636. The van der Waals surface area contributed by atoms with Gasteiger partial charge in [0, 0.05) is 37.1 Å². The Kier molecular flexibility index (Phi) is 4.64. The summed E-state index contributed by atoms with van der Waals surface area (Å²) in [6, 6.07) is 5.13. The second kappa shape index (κ2) is 5.54. The number of hydrogen-bond donors (Lipinski definition) is 2. The third-order valence-electron chi connectivity index (χ3n) is 3.19. The SMILES string of the molecule is CC(c1ccc[nH]1)N1CCC(N)CC1.Cl. The number of hydrogen-bond acceptors (Lipinski definition) is 2. The van der Waals surface area contributed by atoms with Crippen LogP contribution in [0.15, 0.2) is 18.3 Å². The minimum Gasteiger partial charge on any atom is -0.364 e. The fourth-order valence-corrected chi connectivity index (χ4v) is 2.11. The van der Waals surface area contributed by atoms with Crippen molar-refractivity contribution in [2.24, 2.45) is 5.73 Å². The number of nitrogens with one attached hydrogen (secondary N) is 1. The van der Waals surface area contributed by atoms with Crippen molar-refractivity contribution in [3.05, 3.63) is 24.0 Å². The molecule has 4 heteroatoms. The normalized spacial score (nSPS) is 20.9. The number of halogens is 1. The summed E-state index contributed by atoms with van der Waals surface area (Å²) in [5.41, 5.74) is 7.19. The summed E-state index contributed by atoms with van der Waals surface area (Å²) in [6.07, 6.45) is 4.25. The molecule has 86 valence electrons. The van der Waals surface area contributed by atoms with Crippen LogP contribution in [-0.2, 0) is 0 Å². The number of piperidine rings is 1. The highest BCUT2D eigenvalue weighted by Gasteiger charge is 2.21. The minimum absolute atomic E-state index is 0. The van der Waals surface area contributed by atoms with Crippen LogP contribution in [0.3, 0.4) is 0 Å². The molecule has 1 unspecified atom stereocenters. The summed E-state index contributed by atoms with van der Waals surface area (Å²) in [5, 5.41) is 0. The van der Waals surface area contributed by atoms with Crippen LogP contribution in [0, 0.1) is 0 Å². The fourth-order valence-electron chi connectivity index (χ4n) is 2.11. The maximum Gasteiger partial charge on any atom is 0.0470 e. The quantitative estimate of drug-likeness (QED) is 0.814. The Morgan fingerprint density at radius 1 is 1.47 bits per heavy atom. The van der Waals surface area contributed by atoms with Gasteiger partial charge in [0.05, 0.1) is 0 Å². The highest BCUT2D eigenvalue weighted by molar-refractivity contribution is 5.85. The van der Waals surface area contributed by atoms with E-state index in [1.165, 1.54) is 5.69 Å². The van der Waals surface area contributed by atoms with Gasteiger partial charge in [0.2, 0.25) is 0 Å². The molecule has 15 heavy (non-hydrogen) atoms. The lowest BCUT2D eigenvalue weighted by atomic mass is 10.0. The standard InChI is InChI=1S/C11H19N3.ClH/c1-9(11-3-2-6-13-11)14-7-4-10(12)5-8-14;/h2-3,6,9-10,13H,4-5,7-8,12H2,1H3;1H. The van der Waals surface area contributed by atoms with E-state index in [9.17, 15) is 0 Å². The van der Waals surface area contributed by atoms with Crippen LogP contribution >= 0.6 is 12.4 Å². The van der Waals surface area contributed by atoms with Gasteiger partial charge in [-0.15, -0.1) is 12.4 Å². The van der Waals surface area contributed by atoms with Crippen molar-refractivity contribution >= 4 is 12.4 Å². The third-order valence-corrected chi connectivity index (χ3v) is 3.19. The molecule has 3 N–H and O–H groups in total. The highest BCUT2D eigenvalue weighted by Crippen LogP contribution is 2.22. The predicted octanol–water partition coefficient (Wildman–Crippen LogP) is 1.92. The topological polar surface area (TPSA) is 45.0 Å². The van der Waals surface area contributed by atoms with Crippen molar-refractivity contribution in [2.45, 2.75) is 31.8 Å². The first-order valence-electron chi connectivity index (χ1n) is 5.40. The summed E-state index contributed by atoms with van der Waals surface area (Å²) in [5.74, 6) is 0. The molecular formula is C11H20ClN3. The van der Waals surface area contributed by atoms with Crippen LogP contribution in [0.25, 0.3) is 0 Å². The molecule has 1 saturated heterocycles. The summed E-state index contributed by atoms with van der Waals surface area (Å²) >= 11 is 0. The van der Waals surface area contributed by atoms with E-state index in [0.717, 1.165) is 25.9 Å². The number of nitrogens with two attached hydrogens (primary N) is 1. The van der Waals surface area contributed by atoms with Crippen molar-refractivity contribution in [1.82, 2.24) is 9.88 Å². The van der Waals surface area contributed by atoms with E-state index in [-0.39, 0.29) is 12.4 Å². The van der Waals surface area contributed by atoms with Gasteiger partial charge in [0.1, 0.15) is 0 Å². The van der Waals surface area contributed by atoms with E-state index in [0.29, 0.717) is 12.1 Å². The van der Waals surface area contributed by atoms with E-state index < -0.39 is 0 Å². The molecule has 2 rings (SSSR count). The summed E-state index contributed by atoms with van der Waals surface area (Å²) in [7, 11) is 0. The second-order valence-electron chi connectivity index (χ2n) is 4.17. The molecule has 1 aliphatic heterocycles. The van der Waals surface area contributed by atoms with Crippen molar-refractivity contribution in [2.75, 3.05) is 13.1 Å². The number of aromatic amines is 1. The predicted molar refractivity (Wildman–Crippen MR) is 65.2 cm³/mol. The first-order chi connectivity index (χ1) is 6.77. The molecule has 1 aliphatic rings. The van der Waals surface area contributed by atoms with Gasteiger partial charge in [0.25, 0.3) is 0 Å². The van der Waals surface area contributed by atoms with Crippen LogP contribution in [0.4, 0.5) is 0 Å². The Labute approximate surface area is 97.4 Å². The van der Waals surface area contributed by atoms with Gasteiger partial charge in [-0.1, -0.05) is 0 Å². The van der Waals surface area contributed by atoms with Crippen molar-refractivity contribution in [3.63, 3.8) is 0 Å². The Morgan fingerprint density at radius 2 is 2.13 bits per heavy atom. The first kappa shape index (κ1) is 12.6. The molecule has 0 aromatic carbocycles. The first-order valence-corrected chi connectivity index (χ1v) is 5.40. The van der Waals surface area contributed by atoms with Gasteiger partial charge >= 0.3 is 0 Å².